The van der Waals surface area contributed by atoms with Gasteiger partial charge in [0, 0.05) is 5.69 Å². The second-order valence-corrected chi connectivity index (χ2v) is 4.09. The molecular formula is C10H12N4O2S. The van der Waals surface area contributed by atoms with Crippen molar-refractivity contribution in [1.82, 2.24) is 19.6 Å². The monoisotopic (exact) mass is 252 g/mol. The molecule has 0 fully saturated rings. The maximum absolute atomic E-state index is 11.6. The molecule has 90 valence electrons. The Labute approximate surface area is 102 Å². The molecule has 6 nitrogen and oxygen atoms in total. The molecule has 0 aliphatic rings. The molecule has 2 heterocycles. The first-order valence-corrected chi connectivity index (χ1v) is 6.33. The highest BCUT2D eigenvalue weighted by atomic mass is 32.2. The van der Waals surface area contributed by atoms with Crippen molar-refractivity contribution in [3.8, 4) is 0 Å². The number of carbonyl (C=O) groups is 1. The molecule has 0 radical (unpaired) electrons. The minimum Gasteiger partial charge on any atom is -0.461 e. The molecule has 0 N–H and O–H groups in total. The maximum atomic E-state index is 11.6. The van der Waals surface area contributed by atoms with Gasteiger partial charge < -0.3 is 4.74 Å². The van der Waals surface area contributed by atoms with Gasteiger partial charge in [-0.05, 0) is 26.2 Å². The molecule has 0 unspecified atom stereocenters. The van der Waals surface area contributed by atoms with Gasteiger partial charge in [0.2, 0.25) is 5.16 Å². The van der Waals surface area contributed by atoms with Gasteiger partial charge in [0.25, 0.3) is 5.78 Å². The first kappa shape index (κ1) is 11.8. The van der Waals surface area contributed by atoms with Gasteiger partial charge in [-0.3, -0.25) is 0 Å². The van der Waals surface area contributed by atoms with Crippen LogP contribution in [0.4, 0.5) is 0 Å². The van der Waals surface area contributed by atoms with Gasteiger partial charge in [0.05, 0.1) is 6.61 Å². The third kappa shape index (κ3) is 2.23. The zero-order chi connectivity index (χ0) is 12.4. The Morgan fingerprint density at radius 2 is 2.29 bits per heavy atom. The third-order valence-corrected chi connectivity index (χ3v) is 2.68. The Balaban J connectivity index is 2.50. The highest BCUT2D eigenvalue weighted by molar-refractivity contribution is 7.98. The lowest BCUT2D eigenvalue weighted by atomic mass is 10.3. The predicted molar refractivity (Wildman–Crippen MR) is 63.3 cm³/mol. The van der Waals surface area contributed by atoms with Crippen LogP contribution in [0.5, 0.6) is 0 Å². The van der Waals surface area contributed by atoms with E-state index in [4.69, 9.17) is 4.74 Å². The first-order chi connectivity index (χ1) is 8.15. The van der Waals surface area contributed by atoms with Gasteiger partial charge in [0.1, 0.15) is 0 Å². The van der Waals surface area contributed by atoms with Gasteiger partial charge in [-0.15, -0.1) is 5.10 Å². The van der Waals surface area contributed by atoms with Gasteiger partial charge in [0.15, 0.2) is 5.69 Å². The lowest BCUT2D eigenvalue weighted by Gasteiger charge is -2.02. The van der Waals surface area contributed by atoms with Crippen LogP contribution in [-0.2, 0) is 4.74 Å². The quantitative estimate of drug-likeness (QED) is 0.606. The van der Waals surface area contributed by atoms with E-state index in [0.717, 1.165) is 5.69 Å². The first-order valence-electron chi connectivity index (χ1n) is 5.11. The lowest BCUT2D eigenvalue weighted by Crippen LogP contribution is -2.10. The summed E-state index contributed by atoms with van der Waals surface area (Å²) in [7, 11) is 0. The smallest absolute Gasteiger partial charge is 0.357 e. The van der Waals surface area contributed by atoms with Crippen molar-refractivity contribution in [1.29, 1.82) is 0 Å². The van der Waals surface area contributed by atoms with E-state index in [9.17, 15) is 4.79 Å². The second kappa shape index (κ2) is 4.70. The van der Waals surface area contributed by atoms with E-state index in [1.54, 1.807) is 17.5 Å². The predicted octanol–water partition coefficient (Wildman–Crippen LogP) is 1.33. The van der Waals surface area contributed by atoms with E-state index < -0.39 is 5.97 Å². The molecule has 0 amide bonds. The molecule has 0 saturated heterocycles. The largest absolute Gasteiger partial charge is 0.461 e. The summed E-state index contributed by atoms with van der Waals surface area (Å²) in [5.74, 6) is -0.0239. The van der Waals surface area contributed by atoms with Crippen LogP contribution in [0, 0.1) is 6.92 Å². The van der Waals surface area contributed by atoms with Gasteiger partial charge >= 0.3 is 5.97 Å². The molecule has 2 rings (SSSR count). The van der Waals surface area contributed by atoms with Crippen LogP contribution in [0.25, 0.3) is 5.78 Å². The topological polar surface area (TPSA) is 69.4 Å². The highest BCUT2D eigenvalue weighted by Crippen LogP contribution is 2.12. The number of ether oxygens (including phenoxy) is 1. The van der Waals surface area contributed by atoms with Crippen LogP contribution < -0.4 is 0 Å². The zero-order valence-corrected chi connectivity index (χ0v) is 10.6. The molecule has 17 heavy (non-hydrogen) atoms. The SMILES string of the molecule is CCOC(=O)c1cc(C)n2nc(SC)nc2n1. The van der Waals surface area contributed by atoms with Crippen molar-refractivity contribution in [3.63, 3.8) is 0 Å². The highest BCUT2D eigenvalue weighted by Gasteiger charge is 2.13. The number of fused-ring (bicyclic) bond motifs is 1. The maximum Gasteiger partial charge on any atom is 0.357 e. The summed E-state index contributed by atoms with van der Waals surface area (Å²) in [5, 5.41) is 4.86. The van der Waals surface area contributed by atoms with Crippen LogP contribution >= 0.6 is 11.8 Å². The van der Waals surface area contributed by atoms with E-state index in [0.29, 0.717) is 17.5 Å². The van der Waals surface area contributed by atoms with Gasteiger partial charge in [-0.25, -0.2) is 14.3 Å². The molecule has 0 bridgehead atoms. The fourth-order valence-electron chi connectivity index (χ4n) is 1.39. The Morgan fingerprint density at radius 3 is 2.94 bits per heavy atom. The summed E-state index contributed by atoms with van der Waals surface area (Å²) in [4.78, 5) is 19.9. The van der Waals surface area contributed by atoms with Crippen molar-refractivity contribution >= 4 is 23.5 Å². The Bertz CT molecular complexity index is 567. The lowest BCUT2D eigenvalue weighted by molar-refractivity contribution is 0.0519. The molecule has 0 aliphatic carbocycles. The van der Waals surface area contributed by atoms with Gasteiger partial charge in [-0.1, -0.05) is 11.8 Å². The molecular weight excluding hydrogens is 240 g/mol. The van der Waals surface area contributed by atoms with Crippen LogP contribution in [0.15, 0.2) is 11.2 Å². The molecule has 7 heteroatoms. The van der Waals surface area contributed by atoms with E-state index in [1.165, 1.54) is 11.8 Å². The fraction of sp³-hybridized carbons (Fsp3) is 0.400. The van der Waals surface area contributed by atoms with E-state index >= 15 is 0 Å². The summed E-state index contributed by atoms with van der Waals surface area (Å²) in [6.45, 7) is 3.93. The van der Waals surface area contributed by atoms with Crippen LogP contribution in [0.2, 0.25) is 0 Å². The van der Waals surface area contributed by atoms with Crippen LogP contribution in [-0.4, -0.2) is 38.4 Å². The molecule has 2 aromatic rings. The summed E-state index contributed by atoms with van der Waals surface area (Å²) >= 11 is 1.43. The Morgan fingerprint density at radius 1 is 1.53 bits per heavy atom. The van der Waals surface area contributed by atoms with Crippen molar-refractivity contribution in [2.45, 2.75) is 19.0 Å². The molecule has 0 aromatic carbocycles. The number of hydrogen-bond donors (Lipinski definition) is 0. The number of nitrogens with zero attached hydrogens (tertiary/aromatic N) is 4. The van der Waals surface area contributed by atoms with Crippen LogP contribution in [0.3, 0.4) is 0 Å². The number of carbonyl (C=O) groups excluding carboxylic acids is 1. The summed E-state index contributed by atoms with van der Waals surface area (Å²) in [5.41, 5.74) is 1.06. The van der Waals surface area contributed by atoms with Crippen molar-refractivity contribution < 1.29 is 9.53 Å². The summed E-state index contributed by atoms with van der Waals surface area (Å²) < 4.78 is 6.51. The molecule has 2 aromatic heterocycles. The summed E-state index contributed by atoms with van der Waals surface area (Å²) in [6, 6.07) is 1.64. The Hall–Kier alpha value is -1.63. The average Bonchev–Trinajstić information content (AvgIpc) is 2.73. The zero-order valence-electron chi connectivity index (χ0n) is 9.80. The number of esters is 1. The third-order valence-electron chi connectivity index (χ3n) is 2.14. The van der Waals surface area contributed by atoms with Gasteiger partial charge in [-0.2, -0.15) is 4.98 Å². The number of hydrogen-bond acceptors (Lipinski definition) is 6. The second-order valence-electron chi connectivity index (χ2n) is 3.31. The average molecular weight is 252 g/mol. The normalized spacial score (nSPS) is 10.8. The van der Waals surface area contributed by atoms with E-state index in [1.807, 2.05) is 13.2 Å². The fourth-order valence-corrected chi connectivity index (χ4v) is 1.73. The molecule has 0 atom stereocenters. The minimum atomic E-state index is -0.438. The van der Waals surface area contributed by atoms with Crippen molar-refractivity contribution in [2.24, 2.45) is 0 Å². The Kier molecular flexibility index (Phi) is 3.28. The van der Waals surface area contributed by atoms with Crippen molar-refractivity contribution in [2.75, 3.05) is 12.9 Å². The summed E-state index contributed by atoms with van der Waals surface area (Å²) in [6.07, 6.45) is 1.89. The molecule has 0 saturated carbocycles. The van der Waals surface area contributed by atoms with Crippen LogP contribution in [0.1, 0.15) is 23.1 Å². The minimum absolute atomic E-state index is 0.261. The number of aryl methyl sites for hydroxylation is 1. The van der Waals surface area contributed by atoms with Crippen molar-refractivity contribution in [3.05, 3.63) is 17.5 Å². The number of aromatic nitrogens is 4. The molecule has 0 spiro atoms. The number of thioether (sulfide) groups is 1. The van der Waals surface area contributed by atoms with E-state index in [-0.39, 0.29) is 5.69 Å². The number of rotatable bonds is 3. The van der Waals surface area contributed by atoms with E-state index in [2.05, 4.69) is 15.1 Å². The standard InChI is InChI=1S/C10H12N4O2S/c1-4-16-8(15)7-5-6(2)14-9(11-7)12-10(13-14)17-3/h5H,4H2,1-3H3. The molecule has 0 aliphatic heterocycles.